The molecule has 96 valence electrons. The Kier molecular flexibility index (Phi) is 3.17. The van der Waals surface area contributed by atoms with Crippen molar-refractivity contribution in [2.24, 2.45) is 0 Å². The van der Waals surface area contributed by atoms with E-state index in [0.29, 0.717) is 27.7 Å². The molecule has 19 heavy (non-hydrogen) atoms. The average molecular weight is 293 g/mol. The Bertz CT molecular complexity index is 774. The zero-order chi connectivity index (χ0) is 13.4. The molecule has 0 aliphatic carbocycles. The topological polar surface area (TPSA) is 35.0 Å². The second-order valence-corrected chi connectivity index (χ2v) is 4.75. The predicted octanol–water partition coefficient (Wildman–Crippen LogP) is 4.49. The van der Waals surface area contributed by atoms with E-state index in [2.05, 4.69) is 9.97 Å². The number of fused-ring (bicyclic) bond motifs is 3. The van der Waals surface area contributed by atoms with Gasteiger partial charge in [-0.2, -0.15) is 0 Å². The van der Waals surface area contributed by atoms with Crippen LogP contribution in [0.4, 0.5) is 0 Å². The van der Waals surface area contributed by atoms with E-state index in [1.54, 1.807) is 12.4 Å². The zero-order valence-electron chi connectivity index (χ0n) is 10.2. The maximum atomic E-state index is 6.29. The van der Waals surface area contributed by atoms with Gasteiger partial charge in [-0.3, -0.25) is 9.97 Å². The van der Waals surface area contributed by atoms with Crippen LogP contribution >= 0.6 is 23.2 Å². The first-order chi connectivity index (χ1) is 9.24. The number of hydrogen-bond acceptors (Lipinski definition) is 3. The van der Waals surface area contributed by atoms with E-state index in [9.17, 15) is 0 Å². The summed E-state index contributed by atoms with van der Waals surface area (Å²) < 4.78 is 5.65. The Morgan fingerprint density at radius 2 is 1.79 bits per heavy atom. The standard InChI is InChI=1S/C14H10Cl2N2O/c1-2-19-9-5-7-18-14-10(9)8-4-3-6-17-13(8)11(15)12(14)16/h3-7H,2H2,1H3. The van der Waals surface area contributed by atoms with Crippen molar-refractivity contribution in [2.75, 3.05) is 6.61 Å². The number of aromatic nitrogens is 2. The van der Waals surface area contributed by atoms with Crippen LogP contribution in [0, 0.1) is 0 Å². The third-order valence-corrected chi connectivity index (χ3v) is 3.73. The minimum Gasteiger partial charge on any atom is -0.493 e. The van der Waals surface area contributed by atoms with Gasteiger partial charge >= 0.3 is 0 Å². The molecule has 0 bridgehead atoms. The van der Waals surface area contributed by atoms with Crippen LogP contribution < -0.4 is 4.74 Å². The van der Waals surface area contributed by atoms with Gasteiger partial charge in [0, 0.05) is 17.8 Å². The van der Waals surface area contributed by atoms with E-state index in [1.165, 1.54) is 0 Å². The van der Waals surface area contributed by atoms with Gasteiger partial charge in [-0.05, 0) is 19.1 Å². The molecule has 0 unspecified atom stereocenters. The van der Waals surface area contributed by atoms with Crippen molar-refractivity contribution >= 4 is 45.0 Å². The first kappa shape index (κ1) is 12.5. The van der Waals surface area contributed by atoms with Gasteiger partial charge in [0.2, 0.25) is 0 Å². The summed E-state index contributed by atoms with van der Waals surface area (Å²) in [5, 5.41) is 2.57. The molecular weight excluding hydrogens is 283 g/mol. The molecule has 0 amide bonds. The third-order valence-electron chi connectivity index (χ3n) is 2.90. The van der Waals surface area contributed by atoms with E-state index in [-0.39, 0.29) is 0 Å². The molecule has 1 aromatic carbocycles. The van der Waals surface area contributed by atoms with Gasteiger partial charge < -0.3 is 4.74 Å². The third kappa shape index (κ3) is 1.90. The number of benzene rings is 1. The maximum Gasteiger partial charge on any atom is 0.130 e. The summed E-state index contributed by atoms with van der Waals surface area (Å²) in [6.45, 7) is 2.51. The van der Waals surface area contributed by atoms with Gasteiger partial charge in [-0.25, -0.2) is 0 Å². The van der Waals surface area contributed by atoms with Crippen LogP contribution in [0.25, 0.3) is 21.8 Å². The number of halogens is 2. The lowest BCUT2D eigenvalue weighted by molar-refractivity contribution is 0.344. The van der Waals surface area contributed by atoms with Crippen LogP contribution in [0.5, 0.6) is 5.75 Å². The molecule has 0 N–H and O–H groups in total. The second-order valence-electron chi connectivity index (χ2n) is 3.99. The molecule has 3 rings (SSSR count). The van der Waals surface area contributed by atoms with Crippen molar-refractivity contribution in [2.45, 2.75) is 6.92 Å². The number of rotatable bonds is 2. The van der Waals surface area contributed by atoms with Gasteiger partial charge in [-0.1, -0.05) is 29.3 Å². The minimum atomic E-state index is 0.407. The molecule has 3 aromatic rings. The molecule has 0 saturated heterocycles. The van der Waals surface area contributed by atoms with Crippen molar-refractivity contribution < 1.29 is 4.74 Å². The molecule has 2 heterocycles. The Morgan fingerprint density at radius 3 is 2.58 bits per heavy atom. The van der Waals surface area contributed by atoms with Crippen LogP contribution in [0.3, 0.4) is 0 Å². The molecule has 3 nitrogen and oxygen atoms in total. The molecule has 0 aliphatic rings. The molecule has 0 aliphatic heterocycles. The van der Waals surface area contributed by atoms with E-state index in [1.807, 2.05) is 25.1 Å². The summed E-state index contributed by atoms with van der Waals surface area (Å²) in [4.78, 5) is 8.60. The molecule has 2 aromatic heterocycles. The first-order valence-corrected chi connectivity index (χ1v) is 6.62. The molecular formula is C14H10Cl2N2O. The average Bonchev–Trinajstić information content (AvgIpc) is 2.45. The summed E-state index contributed by atoms with van der Waals surface area (Å²) in [6.07, 6.45) is 3.35. The maximum absolute atomic E-state index is 6.29. The molecule has 0 fully saturated rings. The lowest BCUT2D eigenvalue weighted by Crippen LogP contribution is -1.95. The second kappa shape index (κ2) is 4.83. The lowest BCUT2D eigenvalue weighted by atomic mass is 10.1. The van der Waals surface area contributed by atoms with E-state index in [4.69, 9.17) is 27.9 Å². The highest BCUT2D eigenvalue weighted by Crippen LogP contribution is 2.40. The number of ether oxygens (including phenoxy) is 1. The van der Waals surface area contributed by atoms with Crippen LogP contribution in [0.1, 0.15) is 6.92 Å². The van der Waals surface area contributed by atoms with Crippen molar-refractivity contribution in [3.63, 3.8) is 0 Å². The largest absolute Gasteiger partial charge is 0.493 e. The zero-order valence-corrected chi connectivity index (χ0v) is 11.7. The van der Waals surface area contributed by atoms with Gasteiger partial charge in [0.05, 0.1) is 33.1 Å². The fraction of sp³-hybridized carbons (Fsp3) is 0.143. The highest BCUT2D eigenvalue weighted by molar-refractivity contribution is 6.48. The fourth-order valence-electron chi connectivity index (χ4n) is 2.14. The molecule has 5 heteroatoms. The van der Waals surface area contributed by atoms with Gasteiger partial charge in [-0.15, -0.1) is 0 Å². The normalized spacial score (nSPS) is 11.1. The monoisotopic (exact) mass is 292 g/mol. The highest BCUT2D eigenvalue weighted by atomic mass is 35.5. The number of nitrogens with zero attached hydrogens (tertiary/aromatic N) is 2. The van der Waals surface area contributed by atoms with Crippen molar-refractivity contribution in [3.8, 4) is 5.75 Å². The quantitative estimate of drug-likeness (QED) is 0.653. The fourth-order valence-corrected chi connectivity index (χ4v) is 2.61. The Hall–Kier alpha value is -1.58. The smallest absolute Gasteiger partial charge is 0.130 e. The van der Waals surface area contributed by atoms with Gasteiger partial charge in [0.15, 0.2) is 0 Å². The van der Waals surface area contributed by atoms with Crippen molar-refractivity contribution in [3.05, 3.63) is 40.6 Å². The van der Waals surface area contributed by atoms with Crippen LogP contribution in [0.2, 0.25) is 10.0 Å². The van der Waals surface area contributed by atoms with Gasteiger partial charge in [0.25, 0.3) is 0 Å². The molecule has 0 saturated carbocycles. The molecule has 0 atom stereocenters. The Balaban J connectivity index is 2.56. The summed E-state index contributed by atoms with van der Waals surface area (Å²) in [5.74, 6) is 0.740. The summed E-state index contributed by atoms with van der Waals surface area (Å²) in [6, 6.07) is 5.62. The number of pyridine rings is 2. The Labute approximate surface area is 120 Å². The van der Waals surface area contributed by atoms with E-state index >= 15 is 0 Å². The van der Waals surface area contributed by atoms with Crippen LogP contribution in [-0.2, 0) is 0 Å². The SMILES string of the molecule is CCOc1ccnc2c(Cl)c(Cl)c3ncccc3c12. The predicted molar refractivity (Wildman–Crippen MR) is 78.2 cm³/mol. The van der Waals surface area contributed by atoms with E-state index < -0.39 is 0 Å². The first-order valence-electron chi connectivity index (χ1n) is 5.87. The summed E-state index contributed by atoms with van der Waals surface area (Å²) >= 11 is 12.5. The van der Waals surface area contributed by atoms with Crippen molar-refractivity contribution in [1.82, 2.24) is 9.97 Å². The number of hydrogen-bond donors (Lipinski definition) is 0. The van der Waals surface area contributed by atoms with E-state index in [0.717, 1.165) is 16.5 Å². The summed E-state index contributed by atoms with van der Waals surface area (Å²) in [7, 11) is 0. The highest BCUT2D eigenvalue weighted by Gasteiger charge is 2.16. The van der Waals surface area contributed by atoms with Gasteiger partial charge in [0.1, 0.15) is 5.75 Å². The Morgan fingerprint density at radius 1 is 1.05 bits per heavy atom. The summed E-state index contributed by atoms with van der Waals surface area (Å²) in [5.41, 5.74) is 1.30. The molecule has 0 spiro atoms. The lowest BCUT2D eigenvalue weighted by Gasteiger charge is -2.11. The van der Waals surface area contributed by atoms with Crippen LogP contribution in [0.15, 0.2) is 30.6 Å². The minimum absolute atomic E-state index is 0.407. The molecule has 0 radical (unpaired) electrons. The van der Waals surface area contributed by atoms with Crippen LogP contribution in [-0.4, -0.2) is 16.6 Å². The van der Waals surface area contributed by atoms with Crippen molar-refractivity contribution in [1.29, 1.82) is 0 Å².